The predicted octanol–water partition coefficient (Wildman–Crippen LogP) is 5.74. The molecule has 1 N–H and O–H groups in total. The molecule has 2 aliphatic heterocycles. The number of oxime groups is 1. The van der Waals surface area contributed by atoms with Crippen LogP contribution in [0.5, 0.6) is 0 Å². The lowest BCUT2D eigenvalue weighted by Crippen LogP contribution is -2.44. The van der Waals surface area contributed by atoms with E-state index in [4.69, 9.17) is 28.0 Å². The van der Waals surface area contributed by atoms with Crippen molar-refractivity contribution in [1.29, 1.82) is 0 Å². The zero-order valence-electron chi connectivity index (χ0n) is 19.5. The van der Waals surface area contributed by atoms with Crippen LogP contribution >= 0.6 is 23.2 Å². The van der Waals surface area contributed by atoms with Crippen LogP contribution in [0.3, 0.4) is 0 Å². The van der Waals surface area contributed by atoms with Crippen molar-refractivity contribution in [1.82, 2.24) is 20.2 Å². The van der Waals surface area contributed by atoms with E-state index in [1.807, 2.05) is 0 Å². The number of amides is 1. The van der Waals surface area contributed by atoms with Crippen molar-refractivity contribution in [3.8, 4) is 0 Å². The second-order valence-electron chi connectivity index (χ2n) is 9.57. The molecule has 3 aliphatic rings. The molecule has 0 saturated heterocycles. The van der Waals surface area contributed by atoms with Gasteiger partial charge in [-0.3, -0.25) is 4.79 Å². The van der Waals surface area contributed by atoms with Crippen LogP contribution in [0.1, 0.15) is 66.0 Å². The highest BCUT2D eigenvalue weighted by molar-refractivity contribution is 6.35. The van der Waals surface area contributed by atoms with Crippen LogP contribution in [0, 0.1) is 11.7 Å². The fourth-order valence-electron chi connectivity index (χ4n) is 5.06. The molecule has 1 amide bonds. The molecule has 1 fully saturated rings. The number of carbonyl (C=O) groups excluding carboxylic acids is 1. The highest BCUT2D eigenvalue weighted by Gasteiger charge is 2.63. The molecule has 0 radical (unpaired) electrons. The third kappa shape index (κ3) is 4.95. The molecular formula is C24H23Cl2F4N5O2. The quantitative estimate of drug-likeness (QED) is 0.373. The number of fused-ring (bicyclic) bond motifs is 1. The topological polar surface area (TPSA) is 79.7 Å². The largest absolute Gasteiger partial charge is 0.435 e. The first-order chi connectivity index (χ1) is 17.6. The first-order valence-electron chi connectivity index (χ1n) is 11.9. The first kappa shape index (κ1) is 26.0. The molecule has 1 atom stereocenters. The number of alkyl halides is 3. The van der Waals surface area contributed by atoms with Crippen molar-refractivity contribution in [2.45, 2.75) is 63.4 Å². The molecule has 0 spiro atoms. The second-order valence-corrected chi connectivity index (χ2v) is 10.4. The zero-order valence-corrected chi connectivity index (χ0v) is 21.1. The molecule has 1 saturated carbocycles. The molecule has 5 rings (SSSR count). The van der Waals surface area contributed by atoms with E-state index in [1.165, 1.54) is 31.9 Å². The van der Waals surface area contributed by atoms with Crippen molar-refractivity contribution >= 4 is 34.9 Å². The van der Waals surface area contributed by atoms with Gasteiger partial charge in [0, 0.05) is 30.4 Å². The third-order valence-corrected chi connectivity index (χ3v) is 7.71. The molecule has 37 heavy (non-hydrogen) atoms. The summed E-state index contributed by atoms with van der Waals surface area (Å²) in [6.45, 7) is 0.863. The number of rotatable bonds is 5. The average Bonchev–Trinajstić information content (AvgIpc) is 3.60. The number of benzene rings is 1. The predicted molar refractivity (Wildman–Crippen MR) is 127 cm³/mol. The molecule has 1 aromatic carbocycles. The second kappa shape index (κ2) is 9.90. The number of aromatic nitrogens is 2. The lowest BCUT2D eigenvalue weighted by atomic mass is 9.89. The monoisotopic (exact) mass is 559 g/mol. The standard InChI is InChI=1S/C24H23Cl2F4N5O2/c25-16-7-15(8-17(26)20(16)27)23(24(28,29)30)9-19(34-37-23)35-11-14-10-32-21(33-18(14)12-35)22(36)31-6-5-13-3-1-2-4-13/h7-8,10,13H,1-6,9,11-12H2,(H,31,36). The number of hydrogen-bond donors (Lipinski definition) is 1. The van der Waals surface area contributed by atoms with E-state index in [0.717, 1.165) is 18.6 Å². The molecule has 3 heterocycles. The van der Waals surface area contributed by atoms with Gasteiger partial charge < -0.3 is 15.1 Å². The highest BCUT2D eigenvalue weighted by atomic mass is 35.5. The number of amidine groups is 1. The summed E-state index contributed by atoms with van der Waals surface area (Å²) >= 11 is 11.5. The molecule has 198 valence electrons. The van der Waals surface area contributed by atoms with E-state index in [9.17, 15) is 22.4 Å². The molecule has 7 nitrogen and oxygen atoms in total. The Morgan fingerprint density at radius 3 is 2.57 bits per heavy atom. The van der Waals surface area contributed by atoms with Crippen LogP contribution in [0.15, 0.2) is 23.5 Å². The van der Waals surface area contributed by atoms with Crippen LogP contribution in [0.25, 0.3) is 0 Å². The summed E-state index contributed by atoms with van der Waals surface area (Å²) < 4.78 is 56.7. The minimum atomic E-state index is -4.90. The highest BCUT2D eigenvalue weighted by Crippen LogP contribution is 2.50. The van der Waals surface area contributed by atoms with Crippen LogP contribution in [-0.4, -0.2) is 39.3 Å². The minimum Gasteiger partial charge on any atom is -0.372 e. The maximum atomic E-state index is 14.3. The zero-order chi connectivity index (χ0) is 26.4. The van der Waals surface area contributed by atoms with Gasteiger partial charge in [-0.2, -0.15) is 13.2 Å². The van der Waals surface area contributed by atoms with Crippen LogP contribution in [0.2, 0.25) is 10.0 Å². The van der Waals surface area contributed by atoms with Gasteiger partial charge in [-0.15, -0.1) is 0 Å². The van der Waals surface area contributed by atoms with Gasteiger partial charge in [-0.25, -0.2) is 14.4 Å². The Kier molecular flexibility index (Phi) is 6.95. The number of hydrogen-bond acceptors (Lipinski definition) is 6. The number of nitrogens with one attached hydrogen (secondary N) is 1. The van der Waals surface area contributed by atoms with Crippen LogP contribution in [-0.2, 0) is 23.5 Å². The van der Waals surface area contributed by atoms with E-state index in [0.29, 0.717) is 23.7 Å². The van der Waals surface area contributed by atoms with Gasteiger partial charge in [-0.1, -0.05) is 54.0 Å². The summed E-state index contributed by atoms with van der Waals surface area (Å²) in [7, 11) is 0. The maximum Gasteiger partial charge on any atom is 0.435 e. The fourth-order valence-corrected chi connectivity index (χ4v) is 5.55. The van der Waals surface area contributed by atoms with Crippen molar-refractivity contribution in [3.63, 3.8) is 0 Å². The van der Waals surface area contributed by atoms with Crippen LogP contribution in [0.4, 0.5) is 17.6 Å². The molecule has 13 heteroatoms. The van der Waals surface area contributed by atoms with Crippen molar-refractivity contribution < 1.29 is 27.2 Å². The molecular weight excluding hydrogens is 537 g/mol. The van der Waals surface area contributed by atoms with Gasteiger partial charge in [0.1, 0.15) is 5.84 Å². The number of nitrogens with zero attached hydrogens (tertiary/aromatic N) is 4. The SMILES string of the molecule is O=C(NCCC1CCCC1)c1ncc2c(n1)CN(C1=NOC(c3cc(Cl)c(F)c(Cl)c3)(C(F)(F)F)C1)C2. The third-order valence-electron chi connectivity index (χ3n) is 7.16. The Hall–Kier alpha value is -2.66. The van der Waals surface area contributed by atoms with Gasteiger partial charge in [0.05, 0.1) is 28.7 Å². The van der Waals surface area contributed by atoms with Crippen molar-refractivity contribution in [2.24, 2.45) is 11.1 Å². The van der Waals surface area contributed by atoms with Crippen LogP contribution < -0.4 is 5.32 Å². The van der Waals surface area contributed by atoms with Crippen molar-refractivity contribution in [2.75, 3.05) is 6.54 Å². The summed E-state index contributed by atoms with van der Waals surface area (Å²) in [5.41, 5.74) is -2.14. The summed E-state index contributed by atoms with van der Waals surface area (Å²) in [4.78, 5) is 27.6. The fraction of sp³-hybridized carbons (Fsp3) is 0.500. The van der Waals surface area contributed by atoms with Gasteiger partial charge in [0.2, 0.25) is 5.82 Å². The van der Waals surface area contributed by atoms with E-state index in [2.05, 4.69) is 20.4 Å². The molecule has 2 aromatic rings. The van der Waals surface area contributed by atoms with E-state index >= 15 is 0 Å². The Morgan fingerprint density at radius 1 is 1.19 bits per heavy atom. The van der Waals surface area contributed by atoms with Gasteiger partial charge in [0.15, 0.2) is 5.82 Å². The summed E-state index contributed by atoms with van der Waals surface area (Å²) in [5, 5.41) is 5.47. The van der Waals surface area contributed by atoms with Crippen molar-refractivity contribution in [3.05, 3.63) is 56.8 Å². The Labute approximate surface area is 220 Å². The van der Waals surface area contributed by atoms with Gasteiger partial charge in [-0.05, 0) is 24.5 Å². The summed E-state index contributed by atoms with van der Waals surface area (Å²) in [6.07, 6.45) is 1.67. The van der Waals surface area contributed by atoms with E-state index in [-0.39, 0.29) is 30.7 Å². The first-order valence-corrected chi connectivity index (χ1v) is 12.7. The molecule has 0 bridgehead atoms. The summed E-state index contributed by atoms with van der Waals surface area (Å²) in [5.74, 6) is -0.737. The Bertz CT molecular complexity index is 1230. The summed E-state index contributed by atoms with van der Waals surface area (Å²) in [6, 6.07) is 1.69. The molecule has 1 aliphatic carbocycles. The lowest BCUT2D eigenvalue weighted by molar-refractivity contribution is -0.275. The smallest absolute Gasteiger partial charge is 0.372 e. The number of carbonyl (C=O) groups is 1. The normalized spacial score (nSPS) is 21.7. The average molecular weight is 560 g/mol. The van der Waals surface area contributed by atoms with Gasteiger partial charge in [0.25, 0.3) is 11.5 Å². The van der Waals surface area contributed by atoms with E-state index < -0.39 is 39.6 Å². The number of halogens is 6. The molecule has 1 aromatic heterocycles. The minimum absolute atomic E-state index is 0.0110. The molecule has 1 unspecified atom stereocenters. The van der Waals surface area contributed by atoms with E-state index in [1.54, 1.807) is 4.90 Å². The maximum absolute atomic E-state index is 14.3. The Morgan fingerprint density at radius 2 is 1.89 bits per heavy atom. The van der Waals surface area contributed by atoms with Gasteiger partial charge >= 0.3 is 6.18 Å². The lowest BCUT2D eigenvalue weighted by Gasteiger charge is -2.30. The Balaban J connectivity index is 1.28.